The first-order valence-corrected chi connectivity index (χ1v) is 7.22. The third-order valence-electron chi connectivity index (χ3n) is 2.10. The summed E-state index contributed by atoms with van der Waals surface area (Å²) in [4.78, 5) is 0. The molecule has 0 bridgehead atoms. The second kappa shape index (κ2) is 6.89. The average molecular weight is 255 g/mol. The Balaban J connectivity index is 2.14. The molecule has 1 aromatic rings. The van der Waals surface area contributed by atoms with Gasteiger partial charge >= 0.3 is 0 Å². The lowest BCUT2D eigenvalue weighted by Crippen LogP contribution is -2.38. The van der Waals surface area contributed by atoms with E-state index < -0.39 is 10.8 Å². The van der Waals surface area contributed by atoms with Crippen molar-refractivity contribution in [2.75, 3.05) is 18.1 Å². The van der Waals surface area contributed by atoms with Crippen molar-refractivity contribution < 1.29 is 8.95 Å². The smallest absolute Gasteiger partial charge is 0.0717 e. The summed E-state index contributed by atoms with van der Waals surface area (Å²) in [6.07, 6.45) is 0. The maximum absolute atomic E-state index is 11.6. The van der Waals surface area contributed by atoms with E-state index in [4.69, 9.17) is 10.5 Å². The predicted molar refractivity (Wildman–Crippen MR) is 72.2 cm³/mol. The standard InChI is InChI=1S/C13H21NO2S/c1-13(2,14)11-17(15)9-8-16-10-12-6-4-3-5-7-12/h3-7H,8-11,14H2,1-2H3. The molecule has 96 valence electrons. The van der Waals surface area contributed by atoms with Gasteiger partial charge in [0.1, 0.15) is 0 Å². The highest BCUT2D eigenvalue weighted by atomic mass is 32.2. The van der Waals surface area contributed by atoms with Crippen molar-refractivity contribution in [2.45, 2.75) is 26.0 Å². The molecule has 0 fully saturated rings. The molecule has 4 heteroatoms. The molecule has 1 aromatic carbocycles. The van der Waals surface area contributed by atoms with Gasteiger partial charge in [0.05, 0.1) is 13.2 Å². The molecule has 3 nitrogen and oxygen atoms in total. The highest BCUT2D eigenvalue weighted by Gasteiger charge is 2.14. The monoisotopic (exact) mass is 255 g/mol. The fourth-order valence-corrected chi connectivity index (χ4v) is 2.68. The van der Waals surface area contributed by atoms with E-state index in [9.17, 15) is 4.21 Å². The first kappa shape index (κ1) is 14.4. The molecule has 0 amide bonds. The van der Waals surface area contributed by atoms with Crippen LogP contribution in [0.3, 0.4) is 0 Å². The van der Waals surface area contributed by atoms with Gasteiger partial charge in [0.2, 0.25) is 0 Å². The SMILES string of the molecule is CC(C)(N)CS(=O)CCOCc1ccccc1. The number of hydrogen-bond donors (Lipinski definition) is 1. The zero-order chi connectivity index (χ0) is 12.7. The van der Waals surface area contributed by atoms with Crippen molar-refractivity contribution in [3.8, 4) is 0 Å². The van der Waals surface area contributed by atoms with Crippen LogP contribution in [0.2, 0.25) is 0 Å². The lowest BCUT2D eigenvalue weighted by molar-refractivity contribution is 0.136. The quantitative estimate of drug-likeness (QED) is 0.754. The highest BCUT2D eigenvalue weighted by Crippen LogP contribution is 2.02. The van der Waals surface area contributed by atoms with Gasteiger partial charge in [0.25, 0.3) is 0 Å². The minimum absolute atomic E-state index is 0.371. The minimum atomic E-state index is -0.897. The lowest BCUT2D eigenvalue weighted by Gasteiger charge is -2.17. The zero-order valence-corrected chi connectivity index (χ0v) is 11.3. The van der Waals surface area contributed by atoms with Crippen LogP contribution in [0.4, 0.5) is 0 Å². The summed E-state index contributed by atoms with van der Waals surface area (Å²) >= 11 is 0. The van der Waals surface area contributed by atoms with Gasteiger partial charge in [0.15, 0.2) is 0 Å². The zero-order valence-electron chi connectivity index (χ0n) is 10.5. The molecule has 0 radical (unpaired) electrons. The van der Waals surface area contributed by atoms with E-state index >= 15 is 0 Å². The summed E-state index contributed by atoms with van der Waals surface area (Å²) in [5.41, 5.74) is 6.56. The van der Waals surface area contributed by atoms with Gasteiger partial charge < -0.3 is 10.5 Å². The van der Waals surface area contributed by atoms with Crippen molar-refractivity contribution in [3.63, 3.8) is 0 Å². The van der Waals surface area contributed by atoms with Crippen molar-refractivity contribution in [1.29, 1.82) is 0 Å². The largest absolute Gasteiger partial charge is 0.376 e. The second-order valence-corrected chi connectivity index (χ2v) is 6.39. The normalized spacial score (nSPS) is 13.6. The van der Waals surface area contributed by atoms with Crippen LogP contribution in [0, 0.1) is 0 Å². The fourth-order valence-electron chi connectivity index (χ4n) is 1.40. The van der Waals surface area contributed by atoms with Gasteiger partial charge in [-0.15, -0.1) is 0 Å². The maximum atomic E-state index is 11.6. The summed E-state index contributed by atoms with van der Waals surface area (Å²) in [6.45, 7) is 4.85. The molecule has 0 aromatic heterocycles. The van der Waals surface area contributed by atoms with E-state index in [2.05, 4.69) is 0 Å². The van der Waals surface area contributed by atoms with Gasteiger partial charge in [-0.3, -0.25) is 4.21 Å². The Hall–Kier alpha value is -0.710. The van der Waals surface area contributed by atoms with E-state index in [1.54, 1.807) is 0 Å². The summed E-state index contributed by atoms with van der Waals surface area (Å²) in [6, 6.07) is 9.96. The van der Waals surface area contributed by atoms with Crippen molar-refractivity contribution >= 4 is 10.8 Å². The molecule has 0 aliphatic carbocycles. The Morgan fingerprint density at radius 3 is 2.53 bits per heavy atom. The molecule has 0 heterocycles. The van der Waals surface area contributed by atoms with Crippen molar-refractivity contribution in [3.05, 3.63) is 35.9 Å². The summed E-state index contributed by atoms with van der Waals surface area (Å²) < 4.78 is 17.1. The molecular weight excluding hydrogens is 234 g/mol. The Morgan fingerprint density at radius 2 is 1.94 bits per heavy atom. The molecule has 0 aliphatic heterocycles. The second-order valence-electron chi connectivity index (χ2n) is 4.82. The average Bonchev–Trinajstić information content (AvgIpc) is 2.23. The lowest BCUT2D eigenvalue weighted by atomic mass is 10.1. The molecular formula is C13H21NO2S. The van der Waals surface area contributed by atoms with E-state index in [-0.39, 0.29) is 5.54 Å². The number of nitrogens with two attached hydrogens (primary N) is 1. The Bertz CT molecular complexity index is 346. The number of ether oxygens (including phenoxy) is 1. The molecule has 17 heavy (non-hydrogen) atoms. The molecule has 1 atom stereocenters. The summed E-state index contributed by atoms with van der Waals surface area (Å²) in [5.74, 6) is 1.06. The summed E-state index contributed by atoms with van der Waals surface area (Å²) in [5, 5.41) is 0. The third kappa shape index (κ3) is 7.26. The van der Waals surface area contributed by atoms with Crippen LogP contribution >= 0.6 is 0 Å². The van der Waals surface area contributed by atoms with E-state index in [1.807, 2.05) is 44.2 Å². The van der Waals surface area contributed by atoms with Crippen LogP contribution in [-0.4, -0.2) is 27.9 Å². The van der Waals surface area contributed by atoms with Gasteiger partial charge in [0, 0.05) is 27.8 Å². The topological polar surface area (TPSA) is 52.3 Å². The Labute approximate surface area is 106 Å². The summed E-state index contributed by atoms with van der Waals surface area (Å²) in [7, 11) is -0.897. The third-order valence-corrected chi connectivity index (χ3v) is 3.79. The number of rotatable bonds is 7. The minimum Gasteiger partial charge on any atom is -0.376 e. The van der Waals surface area contributed by atoms with Crippen LogP contribution in [0.25, 0.3) is 0 Å². The molecule has 1 unspecified atom stereocenters. The van der Waals surface area contributed by atoms with Crippen LogP contribution in [0.1, 0.15) is 19.4 Å². The van der Waals surface area contributed by atoms with Crippen molar-refractivity contribution in [2.24, 2.45) is 5.73 Å². The number of benzene rings is 1. The van der Waals surface area contributed by atoms with Crippen LogP contribution in [-0.2, 0) is 22.1 Å². The first-order valence-electron chi connectivity index (χ1n) is 5.73. The first-order chi connectivity index (χ1) is 7.97. The van der Waals surface area contributed by atoms with E-state index in [0.717, 1.165) is 5.56 Å². The Morgan fingerprint density at radius 1 is 1.29 bits per heavy atom. The van der Waals surface area contributed by atoms with Crippen molar-refractivity contribution in [1.82, 2.24) is 0 Å². The molecule has 0 saturated heterocycles. The van der Waals surface area contributed by atoms with Gasteiger partial charge in [-0.25, -0.2) is 0 Å². The molecule has 0 saturated carbocycles. The molecule has 1 rings (SSSR count). The van der Waals surface area contributed by atoms with Crippen LogP contribution in [0.5, 0.6) is 0 Å². The van der Waals surface area contributed by atoms with Crippen LogP contribution in [0.15, 0.2) is 30.3 Å². The molecule has 0 aliphatic rings. The molecule has 2 N–H and O–H groups in total. The Kier molecular flexibility index (Phi) is 5.82. The van der Waals surface area contributed by atoms with Gasteiger partial charge in [-0.1, -0.05) is 30.3 Å². The highest BCUT2D eigenvalue weighted by molar-refractivity contribution is 7.85. The van der Waals surface area contributed by atoms with E-state index in [0.29, 0.717) is 24.7 Å². The number of hydrogen-bond acceptors (Lipinski definition) is 3. The molecule has 0 spiro atoms. The van der Waals surface area contributed by atoms with Crippen LogP contribution < -0.4 is 5.73 Å². The van der Waals surface area contributed by atoms with Gasteiger partial charge in [-0.05, 0) is 19.4 Å². The maximum Gasteiger partial charge on any atom is 0.0717 e. The van der Waals surface area contributed by atoms with Gasteiger partial charge in [-0.2, -0.15) is 0 Å². The predicted octanol–water partition coefficient (Wildman–Crippen LogP) is 1.69. The fraction of sp³-hybridized carbons (Fsp3) is 0.538. The van der Waals surface area contributed by atoms with E-state index in [1.165, 1.54) is 0 Å².